The van der Waals surface area contributed by atoms with Crippen molar-refractivity contribution in [3.05, 3.63) is 77.5 Å². The first-order valence-electron chi connectivity index (χ1n) is 17.7. The van der Waals surface area contributed by atoms with Gasteiger partial charge < -0.3 is 34.5 Å². The fourth-order valence-electron chi connectivity index (χ4n) is 6.91. The Balaban J connectivity index is 1.09. The first kappa shape index (κ1) is 35.7. The van der Waals surface area contributed by atoms with Crippen LogP contribution >= 0.6 is 23.1 Å². The van der Waals surface area contributed by atoms with E-state index in [1.54, 1.807) is 50.8 Å². The van der Waals surface area contributed by atoms with Gasteiger partial charge in [-0.05, 0) is 66.4 Å². The van der Waals surface area contributed by atoms with E-state index in [4.69, 9.17) is 19.4 Å². The number of pyridine rings is 1. The smallest absolute Gasteiger partial charge is 0.233 e. The third kappa shape index (κ3) is 7.30. The molecule has 0 bridgehead atoms. The Morgan fingerprint density at radius 3 is 2.37 bits per heavy atom. The van der Waals surface area contributed by atoms with Crippen LogP contribution in [0.1, 0.15) is 24.5 Å². The monoisotopic (exact) mass is 809 g/mol. The molecule has 1 aliphatic heterocycles. The van der Waals surface area contributed by atoms with Gasteiger partial charge in [-0.3, -0.25) is 14.6 Å². The minimum Gasteiger partial charge on any atom is -0.494 e. The lowest BCUT2D eigenvalue weighted by atomic mass is 10.0. The summed E-state index contributed by atoms with van der Waals surface area (Å²) in [6, 6.07) is 12.2. The Labute approximate surface area is 321 Å². The lowest BCUT2D eigenvalue weighted by Gasteiger charge is -2.37. The molecule has 4 aromatic heterocycles. The molecular weight excluding hydrogens is 769 g/mol. The second kappa shape index (κ2) is 14.5. The molecule has 2 aliphatic rings. The van der Waals surface area contributed by atoms with E-state index >= 15 is 0 Å². The van der Waals surface area contributed by atoms with Gasteiger partial charge in [0.15, 0.2) is 5.82 Å². The minimum absolute atomic E-state index is 0.353. The maximum atomic E-state index is 13.8. The summed E-state index contributed by atoms with van der Waals surface area (Å²) in [6.07, 6.45) is 11.3. The second-order valence-corrected chi connectivity index (χ2v) is 17.9. The van der Waals surface area contributed by atoms with Gasteiger partial charge in [0.1, 0.15) is 18.7 Å². The summed E-state index contributed by atoms with van der Waals surface area (Å²) in [5.41, 5.74) is 6.31. The summed E-state index contributed by atoms with van der Waals surface area (Å²) in [5, 5.41) is 13.0. The van der Waals surface area contributed by atoms with Gasteiger partial charge in [0.2, 0.25) is 11.8 Å². The predicted octanol–water partition coefficient (Wildman–Crippen LogP) is 6.93. The van der Waals surface area contributed by atoms with E-state index in [2.05, 4.69) is 74.6 Å². The molecule has 0 amide bonds. The average molecular weight is 811 g/mol. The van der Waals surface area contributed by atoms with Gasteiger partial charge in [0.05, 0.1) is 54.2 Å². The van der Waals surface area contributed by atoms with Gasteiger partial charge in [-0.1, -0.05) is 6.07 Å². The number of nitrogens with zero attached hydrogens (tertiary/aromatic N) is 9. The van der Waals surface area contributed by atoms with E-state index in [0.717, 1.165) is 70.7 Å². The maximum Gasteiger partial charge on any atom is 0.233 e. The van der Waals surface area contributed by atoms with Crippen LogP contribution in [-0.2, 0) is 11.6 Å². The highest BCUT2D eigenvalue weighted by atomic mass is 79.9. The third-order valence-corrected chi connectivity index (χ3v) is 11.9. The number of nitrogens with one attached hydrogen (secondary N) is 2. The number of ether oxygens (including phenoxy) is 2. The lowest BCUT2D eigenvalue weighted by molar-refractivity contribution is 0.395. The molecule has 16 heteroatoms. The average Bonchev–Trinajstić information content (AvgIpc) is 3.94. The van der Waals surface area contributed by atoms with Gasteiger partial charge in [0, 0.05) is 90.8 Å². The maximum absolute atomic E-state index is 13.8. The van der Waals surface area contributed by atoms with Crippen molar-refractivity contribution in [3.63, 3.8) is 0 Å². The molecule has 1 aliphatic carbocycles. The van der Waals surface area contributed by atoms with Gasteiger partial charge in [-0.2, -0.15) is 15.1 Å². The highest BCUT2D eigenvalue weighted by molar-refractivity contribution is 9.10. The summed E-state index contributed by atoms with van der Waals surface area (Å²) in [7, 11) is 2.41. The molecule has 2 fully saturated rings. The predicted molar refractivity (Wildman–Crippen MR) is 217 cm³/mol. The quantitative estimate of drug-likeness (QED) is 0.130. The number of benzene rings is 2. The third-order valence-electron chi connectivity index (χ3n) is 9.73. The Hall–Kier alpha value is -5.27. The highest BCUT2D eigenvalue weighted by Gasteiger charge is 2.28. The fraction of sp³-hybridized carbons (Fsp3) is 0.316. The SMILES string of the molecule is COc1cncc(N2CCN(c3cc(OC)c(Nc4ncc(Br)c(Nc5ccc6nc(C7CC7)ccc6c5P(C)(C)=O)n4)cc3-c3cnn(C)c3)CC2)n1. The molecule has 5 heterocycles. The molecule has 2 aromatic carbocycles. The summed E-state index contributed by atoms with van der Waals surface area (Å²) < 4.78 is 27.5. The number of methoxy groups -OCH3 is 2. The number of aryl methyl sites for hydroxylation is 1. The first-order chi connectivity index (χ1) is 26.1. The lowest BCUT2D eigenvalue weighted by Crippen LogP contribution is -2.47. The van der Waals surface area contributed by atoms with Crippen LogP contribution in [0.25, 0.3) is 22.0 Å². The molecule has 0 radical (unpaired) electrons. The number of anilines is 6. The number of rotatable bonds is 11. The van der Waals surface area contributed by atoms with E-state index < -0.39 is 7.14 Å². The van der Waals surface area contributed by atoms with Crippen LogP contribution < -0.4 is 35.2 Å². The first-order valence-corrected chi connectivity index (χ1v) is 21.1. The molecule has 54 heavy (non-hydrogen) atoms. The molecule has 0 atom stereocenters. The van der Waals surface area contributed by atoms with Crippen LogP contribution in [0.4, 0.5) is 34.6 Å². The normalized spacial score (nSPS) is 14.7. The van der Waals surface area contributed by atoms with E-state index in [1.807, 2.05) is 37.6 Å². The molecule has 1 saturated heterocycles. The minimum atomic E-state index is -2.74. The van der Waals surface area contributed by atoms with Crippen molar-refractivity contribution in [1.29, 1.82) is 0 Å². The van der Waals surface area contributed by atoms with Crippen LogP contribution in [-0.4, -0.2) is 88.4 Å². The van der Waals surface area contributed by atoms with Crippen LogP contribution in [0.3, 0.4) is 0 Å². The van der Waals surface area contributed by atoms with Gasteiger partial charge in [0.25, 0.3) is 0 Å². The number of aromatic nitrogens is 7. The number of halogens is 1. The van der Waals surface area contributed by atoms with Gasteiger partial charge in [-0.25, -0.2) is 4.98 Å². The molecule has 2 N–H and O–H groups in total. The van der Waals surface area contributed by atoms with E-state index in [9.17, 15) is 4.57 Å². The molecule has 0 spiro atoms. The zero-order chi connectivity index (χ0) is 37.6. The van der Waals surface area contributed by atoms with Gasteiger partial charge >= 0.3 is 0 Å². The largest absolute Gasteiger partial charge is 0.494 e. The van der Waals surface area contributed by atoms with Crippen molar-refractivity contribution in [2.75, 3.05) is 74.2 Å². The van der Waals surface area contributed by atoms with Crippen molar-refractivity contribution in [1.82, 2.24) is 34.7 Å². The molecule has 1 saturated carbocycles. The van der Waals surface area contributed by atoms with Crippen LogP contribution in [0.2, 0.25) is 0 Å². The van der Waals surface area contributed by atoms with Crippen molar-refractivity contribution in [2.24, 2.45) is 7.05 Å². The molecule has 6 aromatic rings. The molecular formula is C38H41BrN11O3P. The molecule has 14 nitrogen and oxygen atoms in total. The fourth-order valence-corrected chi connectivity index (χ4v) is 8.68. The number of hydrogen-bond donors (Lipinski definition) is 2. The summed E-state index contributed by atoms with van der Waals surface area (Å²) in [4.78, 5) is 27.8. The molecule has 0 unspecified atom stereocenters. The molecule has 278 valence electrons. The van der Waals surface area contributed by atoms with Crippen LogP contribution in [0.15, 0.2) is 71.9 Å². The van der Waals surface area contributed by atoms with E-state index in [0.29, 0.717) is 45.2 Å². The van der Waals surface area contributed by atoms with Gasteiger partial charge in [-0.15, -0.1) is 0 Å². The Bertz CT molecular complexity index is 2410. The van der Waals surface area contributed by atoms with Crippen molar-refractivity contribution < 1.29 is 14.0 Å². The summed E-state index contributed by atoms with van der Waals surface area (Å²) in [6.45, 7) is 6.58. The summed E-state index contributed by atoms with van der Waals surface area (Å²) >= 11 is 3.63. The second-order valence-electron chi connectivity index (χ2n) is 13.9. The van der Waals surface area contributed by atoms with E-state index in [-0.39, 0.29) is 0 Å². The summed E-state index contributed by atoms with van der Waals surface area (Å²) in [5.74, 6) is 3.31. The topological polar surface area (TPSA) is 148 Å². The number of fused-ring (bicyclic) bond motifs is 1. The van der Waals surface area contributed by atoms with Crippen molar-refractivity contribution in [3.8, 4) is 22.8 Å². The van der Waals surface area contributed by atoms with Crippen molar-refractivity contribution >= 4 is 73.9 Å². The number of hydrogen-bond acceptors (Lipinski definition) is 13. The van der Waals surface area contributed by atoms with Crippen LogP contribution in [0, 0.1) is 0 Å². The van der Waals surface area contributed by atoms with E-state index in [1.165, 1.54) is 12.8 Å². The Morgan fingerprint density at radius 2 is 1.67 bits per heavy atom. The zero-order valence-electron chi connectivity index (χ0n) is 30.7. The van der Waals surface area contributed by atoms with Crippen molar-refractivity contribution in [2.45, 2.75) is 18.8 Å². The Morgan fingerprint density at radius 1 is 0.870 bits per heavy atom. The van der Waals surface area contributed by atoms with Crippen LogP contribution in [0.5, 0.6) is 11.6 Å². The number of piperazine rings is 1. The highest BCUT2D eigenvalue weighted by Crippen LogP contribution is 2.44. The molecule has 8 rings (SSSR count). The zero-order valence-corrected chi connectivity index (χ0v) is 33.2. The Kier molecular flexibility index (Phi) is 9.61. The standard InChI is InChI=1S/C38H41BrN11O3P/c1-48-22-24(18-42-48)26-16-31(33(52-2)17-32(26)49-12-14-50(15-13-49)34-20-40-21-35(46-34)53-3)45-38-41-19-27(39)37(47-38)44-30-11-10-29-25(36(30)54(4,5)51)8-9-28(43-29)23-6-7-23/h8-11,16-23H,6-7,12-15H2,1-5H3,(H2,41,44,45,47).